The first-order chi connectivity index (χ1) is 12.1. The molecule has 0 aromatic heterocycles. The van der Waals surface area contributed by atoms with Crippen molar-refractivity contribution in [1.82, 2.24) is 5.43 Å². The van der Waals surface area contributed by atoms with Crippen LogP contribution in [0.3, 0.4) is 0 Å². The van der Waals surface area contributed by atoms with Crippen molar-refractivity contribution in [1.29, 1.82) is 0 Å². The van der Waals surface area contributed by atoms with Crippen LogP contribution in [0.2, 0.25) is 5.02 Å². The van der Waals surface area contributed by atoms with Gasteiger partial charge < -0.3 is 9.84 Å². The van der Waals surface area contributed by atoms with E-state index in [4.69, 9.17) is 16.3 Å². The van der Waals surface area contributed by atoms with Crippen LogP contribution in [-0.2, 0) is 10.5 Å². The van der Waals surface area contributed by atoms with Gasteiger partial charge in [-0.15, -0.1) is 11.8 Å². The highest BCUT2D eigenvalue weighted by Crippen LogP contribution is 2.26. The van der Waals surface area contributed by atoms with Crippen LogP contribution in [0.15, 0.2) is 47.6 Å². The van der Waals surface area contributed by atoms with Gasteiger partial charge in [0.1, 0.15) is 0 Å². The number of phenolic OH excluding ortho intramolecular Hbond substituents is 1. The van der Waals surface area contributed by atoms with Crippen molar-refractivity contribution in [3.05, 3.63) is 58.6 Å². The second-order valence-corrected chi connectivity index (χ2v) is 6.49. The standard InChI is InChI=1S/C18H19ClN2O3S/c1-2-24-17-9-14(5-8-16(17)22)10-20-21-18(23)12-25-11-13-3-6-15(19)7-4-13/h3-10,22H,2,11-12H2,1H3,(H,21,23)/b20-10+. The minimum atomic E-state index is -0.181. The maximum atomic E-state index is 11.8. The molecular formula is C18H19ClN2O3S. The molecule has 0 aliphatic carbocycles. The Hall–Kier alpha value is -2.18. The zero-order valence-corrected chi connectivity index (χ0v) is 15.3. The van der Waals surface area contributed by atoms with Gasteiger partial charge in [-0.3, -0.25) is 4.79 Å². The molecule has 1 amide bonds. The highest BCUT2D eigenvalue weighted by atomic mass is 35.5. The molecule has 0 heterocycles. The summed E-state index contributed by atoms with van der Waals surface area (Å²) in [6.07, 6.45) is 1.50. The van der Waals surface area contributed by atoms with Crippen LogP contribution in [0.25, 0.3) is 0 Å². The summed E-state index contributed by atoms with van der Waals surface area (Å²) in [5.74, 6) is 1.31. The lowest BCUT2D eigenvalue weighted by Gasteiger charge is -2.06. The first-order valence-electron chi connectivity index (χ1n) is 7.68. The van der Waals surface area contributed by atoms with Crippen LogP contribution >= 0.6 is 23.4 Å². The van der Waals surface area contributed by atoms with Crippen LogP contribution < -0.4 is 10.2 Å². The Morgan fingerprint density at radius 2 is 2.08 bits per heavy atom. The molecular weight excluding hydrogens is 360 g/mol. The van der Waals surface area contributed by atoms with Crippen molar-refractivity contribution in [3.63, 3.8) is 0 Å². The topological polar surface area (TPSA) is 70.9 Å². The SMILES string of the molecule is CCOc1cc(/C=N/NC(=O)CSCc2ccc(Cl)cc2)ccc1O. The monoisotopic (exact) mass is 378 g/mol. The molecule has 0 bridgehead atoms. The van der Waals surface area contributed by atoms with Crippen LogP contribution in [-0.4, -0.2) is 29.6 Å². The number of carbonyl (C=O) groups is 1. The lowest BCUT2D eigenvalue weighted by molar-refractivity contribution is -0.118. The molecule has 0 aliphatic rings. The molecule has 2 aromatic rings. The van der Waals surface area contributed by atoms with Crippen LogP contribution in [0.1, 0.15) is 18.1 Å². The second kappa shape index (κ2) is 9.96. The molecule has 2 rings (SSSR count). The average Bonchev–Trinajstić information content (AvgIpc) is 2.60. The summed E-state index contributed by atoms with van der Waals surface area (Å²) >= 11 is 7.33. The predicted molar refractivity (Wildman–Crippen MR) is 103 cm³/mol. The van der Waals surface area contributed by atoms with Crippen LogP contribution in [0.4, 0.5) is 0 Å². The number of phenols is 1. The number of aromatic hydroxyl groups is 1. The summed E-state index contributed by atoms with van der Waals surface area (Å²) in [5, 5.41) is 14.3. The molecule has 0 atom stereocenters. The molecule has 7 heteroatoms. The largest absolute Gasteiger partial charge is 0.504 e. The molecule has 0 aliphatic heterocycles. The first kappa shape index (κ1) is 19.1. The van der Waals surface area contributed by atoms with Gasteiger partial charge in [-0.25, -0.2) is 5.43 Å². The molecule has 0 saturated carbocycles. The van der Waals surface area contributed by atoms with E-state index in [0.717, 1.165) is 16.9 Å². The molecule has 25 heavy (non-hydrogen) atoms. The average molecular weight is 379 g/mol. The third kappa shape index (κ3) is 6.68. The fourth-order valence-electron chi connectivity index (χ4n) is 1.94. The highest BCUT2D eigenvalue weighted by Gasteiger charge is 2.03. The van der Waals surface area contributed by atoms with Crippen molar-refractivity contribution in [2.24, 2.45) is 5.10 Å². The molecule has 0 radical (unpaired) electrons. The number of nitrogens with one attached hydrogen (secondary N) is 1. The number of halogens is 1. The fourth-order valence-corrected chi connectivity index (χ4v) is 2.84. The number of nitrogens with zero attached hydrogens (tertiary/aromatic N) is 1. The summed E-state index contributed by atoms with van der Waals surface area (Å²) in [5.41, 5.74) is 4.31. The normalized spacial score (nSPS) is 10.8. The summed E-state index contributed by atoms with van der Waals surface area (Å²) in [4.78, 5) is 11.8. The van der Waals surface area contributed by atoms with E-state index in [0.29, 0.717) is 23.1 Å². The van der Waals surface area contributed by atoms with Gasteiger partial charge in [-0.2, -0.15) is 5.10 Å². The van der Waals surface area contributed by atoms with Crippen molar-refractivity contribution < 1.29 is 14.6 Å². The third-order valence-corrected chi connectivity index (χ3v) is 4.36. The number of hydrazone groups is 1. The van der Waals surface area contributed by atoms with Gasteiger partial charge in [-0.1, -0.05) is 23.7 Å². The second-order valence-electron chi connectivity index (χ2n) is 5.07. The van der Waals surface area contributed by atoms with E-state index in [1.54, 1.807) is 12.1 Å². The number of rotatable bonds is 8. The van der Waals surface area contributed by atoms with Crippen molar-refractivity contribution >= 4 is 35.5 Å². The first-order valence-corrected chi connectivity index (χ1v) is 9.21. The van der Waals surface area contributed by atoms with E-state index in [2.05, 4.69) is 10.5 Å². The van der Waals surface area contributed by atoms with Crippen LogP contribution in [0, 0.1) is 0 Å². The van der Waals surface area contributed by atoms with Crippen molar-refractivity contribution in [3.8, 4) is 11.5 Å². The van der Waals surface area contributed by atoms with E-state index in [1.807, 2.05) is 31.2 Å². The summed E-state index contributed by atoms with van der Waals surface area (Å²) in [7, 11) is 0. The van der Waals surface area contributed by atoms with Gasteiger partial charge in [-0.05, 0) is 48.4 Å². The highest BCUT2D eigenvalue weighted by molar-refractivity contribution is 7.99. The number of hydrogen-bond donors (Lipinski definition) is 2. The minimum absolute atomic E-state index is 0.0710. The molecule has 2 N–H and O–H groups in total. The lowest BCUT2D eigenvalue weighted by atomic mass is 10.2. The lowest BCUT2D eigenvalue weighted by Crippen LogP contribution is -2.19. The maximum Gasteiger partial charge on any atom is 0.250 e. The van der Waals surface area contributed by atoms with E-state index in [9.17, 15) is 9.90 Å². The van der Waals surface area contributed by atoms with Gasteiger partial charge in [0, 0.05) is 10.8 Å². The molecule has 132 valence electrons. The molecule has 2 aromatic carbocycles. The minimum Gasteiger partial charge on any atom is -0.504 e. The number of carbonyl (C=O) groups excluding carboxylic acids is 1. The van der Waals surface area contributed by atoms with E-state index in [-0.39, 0.29) is 11.7 Å². The van der Waals surface area contributed by atoms with Gasteiger partial charge in [0.2, 0.25) is 5.91 Å². The Bertz CT molecular complexity index is 736. The Morgan fingerprint density at radius 1 is 1.32 bits per heavy atom. The third-order valence-electron chi connectivity index (χ3n) is 3.10. The number of benzene rings is 2. The number of thioether (sulfide) groups is 1. The summed E-state index contributed by atoms with van der Waals surface area (Å²) in [6.45, 7) is 2.29. The molecule has 0 spiro atoms. The summed E-state index contributed by atoms with van der Waals surface area (Å²) < 4.78 is 5.30. The molecule has 0 saturated heterocycles. The molecule has 0 unspecified atom stereocenters. The number of ether oxygens (including phenoxy) is 1. The van der Waals surface area contributed by atoms with Gasteiger partial charge in [0.05, 0.1) is 18.6 Å². The quantitative estimate of drug-likeness (QED) is 0.541. The van der Waals surface area contributed by atoms with Gasteiger partial charge in [0.15, 0.2) is 11.5 Å². The molecule has 5 nitrogen and oxygen atoms in total. The zero-order valence-electron chi connectivity index (χ0n) is 13.7. The van der Waals surface area contributed by atoms with E-state index in [1.165, 1.54) is 24.0 Å². The fraction of sp³-hybridized carbons (Fsp3) is 0.222. The van der Waals surface area contributed by atoms with Crippen molar-refractivity contribution in [2.45, 2.75) is 12.7 Å². The maximum absolute atomic E-state index is 11.8. The van der Waals surface area contributed by atoms with E-state index >= 15 is 0 Å². The number of amides is 1. The Labute approximate surface area is 156 Å². The van der Waals surface area contributed by atoms with Crippen LogP contribution in [0.5, 0.6) is 11.5 Å². The Balaban J connectivity index is 1.76. The molecule has 0 fully saturated rings. The predicted octanol–water partition coefficient (Wildman–Crippen LogP) is 3.83. The van der Waals surface area contributed by atoms with Gasteiger partial charge in [0.25, 0.3) is 0 Å². The smallest absolute Gasteiger partial charge is 0.250 e. The Kier molecular flexibility index (Phi) is 7.63. The van der Waals surface area contributed by atoms with Gasteiger partial charge >= 0.3 is 0 Å². The Morgan fingerprint density at radius 3 is 2.80 bits per heavy atom. The zero-order chi connectivity index (χ0) is 18.1. The summed E-state index contributed by atoms with van der Waals surface area (Å²) in [6, 6.07) is 12.4. The number of hydrogen-bond acceptors (Lipinski definition) is 5. The van der Waals surface area contributed by atoms with Crippen molar-refractivity contribution in [2.75, 3.05) is 12.4 Å². The van der Waals surface area contributed by atoms with E-state index < -0.39 is 0 Å².